The number of amides is 2. The lowest BCUT2D eigenvalue weighted by Gasteiger charge is -2.23. The summed E-state index contributed by atoms with van der Waals surface area (Å²) >= 11 is 0. The van der Waals surface area contributed by atoms with Gasteiger partial charge in [0.25, 0.3) is 0 Å². The number of carbonyl (C=O) groups is 2. The van der Waals surface area contributed by atoms with Crippen LogP contribution in [0.2, 0.25) is 0 Å². The van der Waals surface area contributed by atoms with E-state index >= 15 is 0 Å². The molecule has 128 valence electrons. The van der Waals surface area contributed by atoms with Crippen LogP contribution in [0, 0.1) is 6.92 Å². The number of aryl methyl sites for hydroxylation is 2. The average Bonchev–Trinajstić information content (AvgIpc) is 2.50. The zero-order valence-corrected chi connectivity index (χ0v) is 15.0. The number of nitrogens with zero attached hydrogens (tertiary/aromatic N) is 2. The van der Waals surface area contributed by atoms with Gasteiger partial charge in [0.05, 0.1) is 13.1 Å². The topological polar surface area (TPSA) is 52.7 Å². The summed E-state index contributed by atoms with van der Waals surface area (Å²) in [4.78, 5) is 27.8. The number of hydrogen-bond acceptors (Lipinski definition) is 3. The minimum Gasteiger partial charge on any atom is -0.342 e. The SMILES string of the molecule is CCc1cccc(C)c1NC(=O)CN(C)CC(=O)N(CC)CC. The third kappa shape index (κ3) is 5.67. The van der Waals surface area contributed by atoms with Gasteiger partial charge in [0.15, 0.2) is 0 Å². The molecule has 0 heterocycles. The molecule has 0 atom stereocenters. The van der Waals surface area contributed by atoms with Crippen LogP contribution in [0.3, 0.4) is 0 Å². The molecule has 0 radical (unpaired) electrons. The molecule has 0 fully saturated rings. The van der Waals surface area contributed by atoms with E-state index in [0.29, 0.717) is 13.1 Å². The summed E-state index contributed by atoms with van der Waals surface area (Å²) in [5, 5.41) is 2.99. The highest BCUT2D eigenvalue weighted by molar-refractivity contribution is 5.94. The number of para-hydroxylation sites is 1. The summed E-state index contributed by atoms with van der Waals surface area (Å²) in [7, 11) is 1.79. The highest BCUT2D eigenvalue weighted by atomic mass is 16.2. The van der Waals surface area contributed by atoms with E-state index < -0.39 is 0 Å². The second-order valence-electron chi connectivity index (χ2n) is 5.75. The van der Waals surface area contributed by atoms with Crippen LogP contribution in [-0.2, 0) is 16.0 Å². The number of rotatable bonds is 8. The van der Waals surface area contributed by atoms with E-state index in [2.05, 4.69) is 12.2 Å². The van der Waals surface area contributed by atoms with Gasteiger partial charge in [-0.3, -0.25) is 14.5 Å². The fourth-order valence-electron chi connectivity index (χ4n) is 2.59. The fourth-order valence-corrected chi connectivity index (χ4v) is 2.59. The highest BCUT2D eigenvalue weighted by Crippen LogP contribution is 2.20. The third-order valence-corrected chi connectivity index (χ3v) is 3.94. The summed E-state index contributed by atoms with van der Waals surface area (Å²) in [5.74, 6) is -0.0423. The Morgan fingerprint density at radius 2 is 1.74 bits per heavy atom. The summed E-state index contributed by atoms with van der Waals surface area (Å²) in [6, 6.07) is 6.01. The first-order valence-corrected chi connectivity index (χ1v) is 8.27. The van der Waals surface area contributed by atoms with E-state index in [1.54, 1.807) is 16.8 Å². The van der Waals surface area contributed by atoms with Gasteiger partial charge in [-0.2, -0.15) is 0 Å². The van der Waals surface area contributed by atoms with Crippen molar-refractivity contribution in [3.05, 3.63) is 29.3 Å². The molecule has 0 saturated heterocycles. The molecule has 1 rings (SSSR count). The molecule has 0 aliphatic carbocycles. The van der Waals surface area contributed by atoms with E-state index in [0.717, 1.165) is 23.2 Å². The largest absolute Gasteiger partial charge is 0.342 e. The van der Waals surface area contributed by atoms with Crippen LogP contribution in [0.1, 0.15) is 31.9 Å². The Kier molecular flexibility index (Phi) is 7.75. The minimum absolute atomic E-state index is 0.0513. The molecule has 0 spiro atoms. The second-order valence-corrected chi connectivity index (χ2v) is 5.75. The Morgan fingerprint density at radius 3 is 2.30 bits per heavy atom. The lowest BCUT2D eigenvalue weighted by Crippen LogP contribution is -2.41. The molecule has 0 unspecified atom stereocenters. The monoisotopic (exact) mass is 319 g/mol. The Hall–Kier alpha value is -1.88. The molecular weight excluding hydrogens is 290 g/mol. The van der Waals surface area contributed by atoms with Crippen LogP contribution >= 0.6 is 0 Å². The van der Waals surface area contributed by atoms with Crippen LogP contribution in [0.5, 0.6) is 0 Å². The molecule has 1 N–H and O–H groups in total. The van der Waals surface area contributed by atoms with Crippen molar-refractivity contribution < 1.29 is 9.59 Å². The maximum absolute atomic E-state index is 12.3. The number of hydrogen-bond donors (Lipinski definition) is 1. The molecule has 0 aliphatic rings. The quantitative estimate of drug-likeness (QED) is 0.800. The van der Waals surface area contributed by atoms with Crippen molar-refractivity contribution in [2.75, 3.05) is 38.5 Å². The van der Waals surface area contributed by atoms with Gasteiger partial charge in [-0.1, -0.05) is 25.1 Å². The van der Waals surface area contributed by atoms with Gasteiger partial charge in [0.2, 0.25) is 11.8 Å². The Bertz CT molecular complexity index is 539. The molecule has 1 aromatic carbocycles. The third-order valence-electron chi connectivity index (χ3n) is 3.94. The predicted octanol–water partition coefficient (Wildman–Crippen LogP) is 2.30. The summed E-state index contributed by atoms with van der Waals surface area (Å²) in [6.45, 7) is 9.81. The van der Waals surface area contributed by atoms with Gasteiger partial charge in [-0.15, -0.1) is 0 Å². The number of anilines is 1. The molecular formula is C18H29N3O2. The highest BCUT2D eigenvalue weighted by Gasteiger charge is 2.15. The molecule has 2 amide bonds. The van der Waals surface area contributed by atoms with Gasteiger partial charge in [0.1, 0.15) is 0 Å². The number of benzene rings is 1. The van der Waals surface area contributed by atoms with Crippen molar-refractivity contribution in [3.63, 3.8) is 0 Å². The van der Waals surface area contributed by atoms with Crippen molar-refractivity contribution in [2.24, 2.45) is 0 Å². The molecule has 0 bridgehead atoms. The molecule has 0 aliphatic heterocycles. The Morgan fingerprint density at radius 1 is 1.09 bits per heavy atom. The van der Waals surface area contributed by atoms with Crippen molar-refractivity contribution in [2.45, 2.75) is 34.1 Å². The second kappa shape index (κ2) is 9.30. The van der Waals surface area contributed by atoms with Gasteiger partial charge in [0, 0.05) is 18.8 Å². The predicted molar refractivity (Wildman–Crippen MR) is 94.6 cm³/mol. The van der Waals surface area contributed by atoms with Crippen LogP contribution in [0.25, 0.3) is 0 Å². The molecule has 1 aromatic rings. The summed E-state index contributed by atoms with van der Waals surface area (Å²) < 4.78 is 0. The first kappa shape index (κ1) is 19.2. The van der Waals surface area contributed by atoms with Gasteiger partial charge >= 0.3 is 0 Å². The van der Waals surface area contributed by atoms with Gasteiger partial charge in [-0.25, -0.2) is 0 Å². The Labute approximate surface area is 139 Å². The zero-order chi connectivity index (χ0) is 17.4. The maximum atomic E-state index is 12.3. The fraction of sp³-hybridized carbons (Fsp3) is 0.556. The van der Waals surface area contributed by atoms with E-state index in [1.807, 2.05) is 39.0 Å². The number of nitrogens with one attached hydrogen (secondary N) is 1. The molecule has 0 saturated carbocycles. The normalized spacial score (nSPS) is 10.7. The van der Waals surface area contributed by atoms with E-state index in [4.69, 9.17) is 0 Å². The summed E-state index contributed by atoms with van der Waals surface area (Å²) in [5.41, 5.74) is 3.07. The van der Waals surface area contributed by atoms with Crippen molar-refractivity contribution in [1.82, 2.24) is 9.80 Å². The van der Waals surface area contributed by atoms with Crippen molar-refractivity contribution in [3.8, 4) is 0 Å². The van der Waals surface area contributed by atoms with Crippen LogP contribution in [0.15, 0.2) is 18.2 Å². The summed E-state index contributed by atoms with van der Waals surface area (Å²) in [6.07, 6.45) is 0.869. The van der Waals surface area contributed by atoms with Crippen LogP contribution in [0.4, 0.5) is 5.69 Å². The number of carbonyl (C=O) groups excluding carboxylic acids is 2. The van der Waals surface area contributed by atoms with Crippen molar-refractivity contribution in [1.29, 1.82) is 0 Å². The molecule has 5 heteroatoms. The maximum Gasteiger partial charge on any atom is 0.238 e. The lowest BCUT2D eigenvalue weighted by atomic mass is 10.1. The first-order valence-electron chi connectivity index (χ1n) is 8.27. The lowest BCUT2D eigenvalue weighted by molar-refractivity contribution is -0.132. The number of likely N-dealkylation sites (N-methyl/N-ethyl adjacent to an activating group) is 2. The minimum atomic E-state index is -0.0937. The zero-order valence-electron chi connectivity index (χ0n) is 15.0. The van der Waals surface area contributed by atoms with Crippen LogP contribution in [-0.4, -0.2) is 54.8 Å². The van der Waals surface area contributed by atoms with Crippen molar-refractivity contribution >= 4 is 17.5 Å². The smallest absolute Gasteiger partial charge is 0.238 e. The molecule has 0 aromatic heterocycles. The first-order chi connectivity index (χ1) is 10.9. The van der Waals surface area contributed by atoms with Gasteiger partial charge in [-0.05, 0) is 45.4 Å². The van der Waals surface area contributed by atoms with E-state index in [9.17, 15) is 9.59 Å². The molecule has 23 heavy (non-hydrogen) atoms. The molecule has 5 nitrogen and oxygen atoms in total. The van der Waals surface area contributed by atoms with E-state index in [1.165, 1.54) is 0 Å². The average molecular weight is 319 g/mol. The Balaban J connectivity index is 2.62. The van der Waals surface area contributed by atoms with E-state index in [-0.39, 0.29) is 24.9 Å². The standard InChI is InChI=1S/C18H29N3O2/c1-6-15-11-9-10-14(4)18(15)19-16(22)12-20(5)13-17(23)21(7-2)8-3/h9-11H,6-8,12-13H2,1-5H3,(H,19,22). The van der Waals surface area contributed by atoms with Gasteiger partial charge < -0.3 is 10.2 Å². The van der Waals surface area contributed by atoms with Crippen LogP contribution < -0.4 is 5.32 Å².